The van der Waals surface area contributed by atoms with E-state index in [1.54, 1.807) is 0 Å². The zero-order valence-corrected chi connectivity index (χ0v) is 11.4. The number of para-hydroxylation sites is 1. The first-order chi connectivity index (χ1) is 8.86. The lowest BCUT2D eigenvalue weighted by Gasteiger charge is -2.32. The van der Waals surface area contributed by atoms with Crippen LogP contribution in [0.5, 0.6) is 0 Å². The predicted molar refractivity (Wildman–Crippen MR) is 77.0 cm³/mol. The average molecular weight is 244 g/mol. The van der Waals surface area contributed by atoms with Gasteiger partial charge in [-0.2, -0.15) is 0 Å². The molecule has 1 fully saturated rings. The fourth-order valence-corrected chi connectivity index (χ4v) is 3.57. The molecule has 1 aromatic rings. The number of fused-ring (bicyclic) bond motifs is 1. The van der Waals surface area contributed by atoms with Gasteiger partial charge in [0.2, 0.25) is 0 Å². The number of nitrogens with one attached hydrogen (secondary N) is 1. The molecule has 0 spiro atoms. The molecule has 18 heavy (non-hydrogen) atoms. The number of hydrogen-bond donors (Lipinski definition) is 1. The van der Waals surface area contributed by atoms with Crippen molar-refractivity contribution in [2.45, 2.75) is 38.6 Å². The first kappa shape index (κ1) is 12.0. The topological polar surface area (TPSA) is 15.3 Å². The summed E-state index contributed by atoms with van der Waals surface area (Å²) in [4.78, 5) is 2.72. The summed E-state index contributed by atoms with van der Waals surface area (Å²) in [5, 5.41) is 3.59. The Hall–Kier alpha value is -1.02. The van der Waals surface area contributed by atoms with Crippen LogP contribution < -0.4 is 5.32 Å². The Bertz CT molecular complexity index is 402. The first-order valence-corrected chi connectivity index (χ1v) is 7.42. The van der Waals surface area contributed by atoms with E-state index in [4.69, 9.17) is 0 Å². The maximum Gasteiger partial charge on any atom is 0.0372 e. The van der Waals surface area contributed by atoms with Crippen LogP contribution >= 0.6 is 0 Å². The Balaban J connectivity index is 1.62. The van der Waals surface area contributed by atoms with E-state index in [2.05, 4.69) is 41.4 Å². The van der Waals surface area contributed by atoms with E-state index in [1.165, 1.54) is 50.0 Å². The molecule has 0 saturated carbocycles. The summed E-state index contributed by atoms with van der Waals surface area (Å²) in [7, 11) is 0. The molecule has 0 aromatic heterocycles. The molecular formula is C16H24N2. The van der Waals surface area contributed by atoms with Crippen molar-refractivity contribution in [3.63, 3.8) is 0 Å². The minimum Gasteiger partial charge on any atom is -0.384 e. The quantitative estimate of drug-likeness (QED) is 0.878. The Morgan fingerprint density at radius 3 is 3.11 bits per heavy atom. The summed E-state index contributed by atoms with van der Waals surface area (Å²) < 4.78 is 0. The van der Waals surface area contributed by atoms with E-state index in [1.807, 2.05) is 0 Å². The average Bonchev–Trinajstić information content (AvgIpc) is 2.86. The molecule has 0 aliphatic carbocycles. The second-order valence-corrected chi connectivity index (χ2v) is 5.81. The molecular weight excluding hydrogens is 220 g/mol. The smallest absolute Gasteiger partial charge is 0.0372 e. The molecule has 2 heterocycles. The normalized spacial score (nSPS) is 27.8. The van der Waals surface area contributed by atoms with Crippen LogP contribution in [0.25, 0.3) is 0 Å². The second kappa shape index (κ2) is 5.31. The summed E-state index contributed by atoms with van der Waals surface area (Å²) in [5.41, 5.74) is 2.85. The Kier molecular flexibility index (Phi) is 3.55. The summed E-state index contributed by atoms with van der Waals surface area (Å²) in [6.07, 6.45) is 5.37. The largest absolute Gasteiger partial charge is 0.384 e. The molecule has 2 atom stereocenters. The van der Waals surface area contributed by atoms with Crippen molar-refractivity contribution in [1.29, 1.82) is 0 Å². The number of benzene rings is 1. The lowest BCUT2D eigenvalue weighted by Crippen LogP contribution is -2.38. The minimum atomic E-state index is 0.784. The van der Waals surface area contributed by atoms with Gasteiger partial charge in [0.25, 0.3) is 0 Å². The van der Waals surface area contributed by atoms with E-state index in [9.17, 15) is 0 Å². The lowest BCUT2D eigenvalue weighted by atomic mass is 9.93. The van der Waals surface area contributed by atoms with Crippen LogP contribution in [0.3, 0.4) is 0 Å². The van der Waals surface area contributed by atoms with Crippen LogP contribution in [0.15, 0.2) is 24.3 Å². The van der Waals surface area contributed by atoms with Gasteiger partial charge in [-0.25, -0.2) is 0 Å². The van der Waals surface area contributed by atoms with Gasteiger partial charge in [-0.3, -0.25) is 0 Å². The number of rotatable bonds is 3. The van der Waals surface area contributed by atoms with Gasteiger partial charge in [-0.05, 0) is 49.8 Å². The van der Waals surface area contributed by atoms with Crippen molar-refractivity contribution in [1.82, 2.24) is 4.90 Å². The van der Waals surface area contributed by atoms with E-state index in [-0.39, 0.29) is 0 Å². The summed E-state index contributed by atoms with van der Waals surface area (Å²) in [5.74, 6) is 0.784. The third-order valence-electron chi connectivity index (χ3n) is 4.57. The van der Waals surface area contributed by atoms with Crippen molar-refractivity contribution in [2.75, 3.05) is 25.0 Å². The molecule has 2 heteroatoms. The fourth-order valence-electron chi connectivity index (χ4n) is 3.57. The van der Waals surface area contributed by atoms with Crippen molar-refractivity contribution < 1.29 is 0 Å². The maximum atomic E-state index is 3.59. The lowest BCUT2D eigenvalue weighted by molar-refractivity contribution is 0.211. The monoisotopic (exact) mass is 244 g/mol. The van der Waals surface area contributed by atoms with Gasteiger partial charge in [0.15, 0.2) is 0 Å². The van der Waals surface area contributed by atoms with Crippen LogP contribution in [-0.4, -0.2) is 30.6 Å². The Labute approximate surface area is 110 Å². The highest BCUT2D eigenvalue weighted by atomic mass is 15.2. The standard InChI is InChI=1S/C16H24N2/c1-2-15-7-5-9-18(15)12-13-10-14-6-3-4-8-16(14)17-11-13/h3-4,6,8,13,15,17H,2,5,7,9-12H2,1H3. The van der Waals surface area contributed by atoms with E-state index in [0.29, 0.717) is 0 Å². The highest BCUT2D eigenvalue weighted by Crippen LogP contribution is 2.27. The number of likely N-dealkylation sites (tertiary alicyclic amines) is 1. The first-order valence-electron chi connectivity index (χ1n) is 7.42. The Morgan fingerprint density at radius 2 is 2.22 bits per heavy atom. The molecule has 0 bridgehead atoms. The van der Waals surface area contributed by atoms with Gasteiger partial charge in [-0.15, -0.1) is 0 Å². The van der Waals surface area contributed by atoms with Crippen LogP contribution in [0.4, 0.5) is 5.69 Å². The molecule has 1 aromatic carbocycles. The molecule has 2 unspecified atom stereocenters. The molecule has 2 aliphatic heterocycles. The fraction of sp³-hybridized carbons (Fsp3) is 0.625. The zero-order valence-electron chi connectivity index (χ0n) is 11.4. The van der Waals surface area contributed by atoms with Crippen LogP contribution in [-0.2, 0) is 6.42 Å². The number of nitrogens with zero attached hydrogens (tertiary/aromatic N) is 1. The van der Waals surface area contributed by atoms with Gasteiger partial charge in [-0.1, -0.05) is 25.1 Å². The SMILES string of the molecule is CCC1CCCN1CC1CNc2ccccc2C1. The summed E-state index contributed by atoms with van der Waals surface area (Å²) in [6.45, 7) is 6.07. The van der Waals surface area contributed by atoms with Crippen LogP contribution in [0.2, 0.25) is 0 Å². The van der Waals surface area contributed by atoms with Crippen molar-refractivity contribution >= 4 is 5.69 Å². The zero-order chi connectivity index (χ0) is 12.4. The third-order valence-corrected chi connectivity index (χ3v) is 4.57. The van der Waals surface area contributed by atoms with Crippen molar-refractivity contribution in [3.05, 3.63) is 29.8 Å². The van der Waals surface area contributed by atoms with Gasteiger partial charge >= 0.3 is 0 Å². The highest BCUT2D eigenvalue weighted by Gasteiger charge is 2.27. The molecule has 3 rings (SSSR count). The van der Waals surface area contributed by atoms with Crippen molar-refractivity contribution in [3.8, 4) is 0 Å². The van der Waals surface area contributed by atoms with Gasteiger partial charge in [0, 0.05) is 24.8 Å². The maximum absolute atomic E-state index is 3.59. The third kappa shape index (κ3) is 2.39. The van der Waals surface area contributed by atoms with E-state index in [0.717, 1.165) is 18.5 Å². The van der Waals surface area contributed by atoms with E-state index >= 15 is 0 Å². The molecule has 98 valence electrons. The predicted octanol–water partition coefficient (Wildman–Crippen LogP) is 3.15. The molecule has 0 radical (unpaired) electrons. The Morgan fingerprint density at radius 1 is 1.33 bits per heavy atom. The molecule has 2 aliphatic rings. The summed E-state index contributed by atoms with van der Waals surface area (Å²) >= 11 is 0. The molecule has 1 saturated heterocycles. The molecule has 2 nitrogen and oxygen atoms in total. The van der Waals surface area contributed by atoms with Gasteiger partial charge in [0.1, 0.15) is 0 Å². The van der Waals surface area contributed by atoms with E-state index < -0.39 is 0 Å². The van der Waals surface area contributed by atoms with Crippen molar-refractivity contribution in [2.24, 2.45) is 5.92 Å². The minimum absolute atomic E-state index is 0.784. The van der Waals surface area contributed by atoms with Crippen LogP contribution in [0, 0.1) is 5.92 Å². The number of hydrogen-bond acceptors (Lipinski definition) is 2. The van der Waals surface area contributed by atoms with Gasteiger partial charge in [0.05, 0.1) is 0 Å². The molecule has 1 N–H and O–H groups in total. The van der Waals surface area contributed by atoms with Crippen LogP contribution in [0.1, 0.15) is 31.7 Å². The van der Waals surface area contributed by atoms with Gasteiger partial charge < -0.3 is 10.2 Å². The molecule has 0 amide bonds. The number of anilines is 1. The highest BCUT2D eigenvalue weighted by molar-refractivity contribution is 5.53. The second-order valence-electron chi connectivity index (χ2n) is 5.81. The summed E-state index contributed by atoms with van der Waals surface area (Å²) in [6, 6.07) is 9.61.